The zero-order valence-electron chi connectivity index (χ0n) is 11.6. The molecule has 1 aliphatic rings. The van der Waals surface area contributed by atoms with E-state index in [0.717, 1.165) is 11.8 Å². The summed E-state index contributed by atoms with van der Waals surface area (Å²) in [5, 5.41) is 0. The van der Waals surface area contributed by atoms with Crippen LogP contribution in [0.5, 0.6) is 0 Å². The predicted molar refractivity (Wildman–Crippen MR) is 73.7 cm³/mol. The van der Waals surface area contributed by atoms with Crippen molar-refractivity contribution in [2.24, 2.45) is 11.8 Å². The molecule has 0 aromatic heterocycles. The lowest BCUT2D eigenvalue weighted by Crippen LogP contribution is -2.10. The zero-order chi connectivity index (χ0) is 11.6. The van der Waals surface area contributed by atoms with Gasteiger partial charge in [-0.05, 0) is 11.8 Å². The molecule has 0 nitrogen and oxygen atoms in total. The van der Waals surface area contributed by atoms with Crippen LogP contribution < -0.4 is 0 Å². The Morgan fingerprint density at radius 3 is 1.88 bits per heavy atom. The molecule has 1 fully saturated rings. The second-order valence-electron chi connectivity index (χ2n) is 6.24. The van der Waals surface area contributed by atoms with Crippen LogP contribution in [-0.4, -0.2) is 0 Å². The molecule has 0 saturated heterocycles. The first-order chi connectivity index (χ1) is 7.79. The third-order valence-electron chi connectivity index (χ3n) is 4.12. The third kappa shape index (κ3) is 7.30. The quantitative estimate of drug-likeness (QED) is 0.402. The lowest BCUT2D eigenvalue weighted by atomic mass is 9.81. The van der Waals surface area contributed by atoms with Gasteiger partial charge in [0.15, 0.2) is 0 Å². The van der Waals surface area contributed by atoms with Crippen LogP contribution in [0.25, 0.3) is 0 Å². The molecule has 0 amide bonds. The molecule has 0 aromatic carbocycles. The normalized spacial score (nSPS) is 16.7. The van der Waals surface area contributed by atoms with E-state index in [1.54, 1.807) is 0 Å². The predicted octanol–water partition coefficient (Wildman–Crippen LogP) is 5.95. The Labute approximate surface area is 103 Å². The minimum Gasteiger partial charge on any atom is -0.0628 e. The van der Waals surface area contributed by atoms with Crippen molar-refractivity contribution < 1.29 is 0 Å². The van der Waals surface area contributed by atoms with Crippen LogP contribution >= 0.6 is 0 Å². The van der Waals surface area contributed by atoms with Crippen molar-refractivity contribution in [3.05, 3.63) is 0 Å². The van der Waals surface area contributed by atoms with Crippen molar-refractivity contribution >= 4 is 0 Å². The van der Waals surface area contributed by atoms with Gasteiger partial charge in [0.25, 0.3) is 0 Å². The zero-order valence-corrected chi connectivity index (χ0v) is 11.6. The van der Waals surface area contributed by atoms with Gasteiger partial charge in [-0.15, -0.1) is 0 Å². The monoisotopic (exact) mass is 224 g/mol. The van der Waals surface area contributed by atoms with E-state index in [0.29, 0.717) is 0 Å². The molecule has 0 unspecified atom stereocenters. The second-order valence-corrected chi connectivity index (χ2v) is 6.24. The molecule has 0 bridgehead atoms. The molecule has 0 spiro atoms. The van der Waals surface area contributed by atoms with E-state index in [1.807, 2.05) is 0 Å². The van der Waals surface area contributed by atoms with Crippen LogP contribution in [0.4, 0.5) is 0 Å². The van der Waals surface area contributed by atoms with E-state index in [9.17, 15) is 0 Å². The summed E-state index contributed by atoms with van der Waals surface area (Å²) in [4.78, 5) is 0. The van der Waals surface area contributed by atoms with Gasteiger partial charge in [-0.2, -0.15) is 0 Å². The first-order valence-electron chi connectivity index (χ1n) is 7.79. The van der Waals surface area contributed by atoms with Crippen molar-refractivity contribution in [3.8, 4) is 0 Å². The van der Waals surface area contributed by atoms with Gasteiger partial charge in [0.2, 0.25) is 0 Å². The molecular formula is C16H32. The lowest BCUT2D eigenvalue weighted by molar-refractivity contribution is 0.286. The van der Waals surface area contributed by atoms with Crippen LogP contribution in [0.1, 0.15) is 90.9 Å². The Bertz CT molecular complexity index is 144. The highest BCUT2D eigenvalue weighted by Gasteiger charge is 2.15. The van der Waals surface area contributed by atoms with Crippen molar-refractivity contribution in [2.45, 2.75) is 90.9 Å². The summed E-state index contributed by atoms with van der Waals surface area (Å²) in [5.74, 6) is 2.04. The number of rotatable bonds is 10. The van der Waals surface area contributed by atoms with Gasteiger partial charge in [-0.25, -0.2) is 0 Å². The molecule has 0 radical (unpaired) electrons. The standard InChI is InChI=1S/C16H32/c1-15(2)11-8-6-4-3-5-7-9-12-16-13-10-14-16/h15-16H,3-14H2,1-2H3. The summed E-state index contributed by atoms with van der Waals surface area (Å²) in [5.41, 5.74) is 0. The maximum absolute atomic E-state index is 2.33. The average Bonchev–Trinajstić information content (AvgIpc) is 2.17. The fourth-order valence-corrected chi connectivity index (χ4v) is 2.65. The summed E-state index contributed by atoms with van der Waals surface area (Å²) in [7, 11) is 0. The van der Waals surface area contributed by atoms with E-state index in [-0.39, 0.29) is 0 Å². The summed E-state index contributed by atoms with van der Waals surface area (Å²) in [6.07, 6.45) is 18.0. The van der Waals surface area contributed by atoms with Gasteiger partial charge in [-0.3, -0.25) is 0 Å². The maximum atomic E-state index is 2.33. The van der Waals surface area contributed by atoms with Crippen molar-refractivity contribution in [1.29, 1.82) is 0 Å². The summed E-state index contributed by atoms with van der Waals surface area (Å²) >= 11 is 0. The average molecular weight is 224 g/mol. The fraction of sp³-hybridized carbons (Fsp3) is 1.00. The number of hydrogen-bond donors (Lipinski definition) is 0. The second kappa shape index (κ2) is 9.07. The highest BCUT2D eigenvalue weighted by atomic mass is 14.2. The number of unbranched alkanes of at least 4 members (excludes halogenated alkanes) is 6. The van der Waals surface area contributed by atoms with Gasteiger partial charge < -0.3 is 0 Å². The Balaban J connectivity index is 1.68. The molecule has 96 valence electrons. The van der Waals surface area contributed by atoms with E-state index >= 15 is 0 Å². The molecule has 0 heteroatoms. The van der Waals surface area contributed by atoms with Crippen molar-refractivity contribution in [1.82, 2.24) is 0 Å². The first kappa shape index (κ1) is 14.1. The molecule has 1 aliphatic carbocycles. The largest absolute Gasteiger partial charge is 0.0628 e. The highest BCUT2D eigenvalue weighted by Crippen LogP contribution is 2.31. The Hall–Kier alpha value is 0. The van der Waals surface area contributed by atoms with E-state index in [2.05, 4.69) is 13.8 Å². The number of hydrogen-bond acceptors (Lipinski definition) is 0. The lowest BCUT2D eigenvalue weighted by Gasteiger charge is -2.24. The summed E-state index contributed by atoms with van der Waals surface area (Å²) < 4.78 is 0. The van der Waals surface area contributed by atoms with Crippen LogP contribution in [0.2, 0.25) is 0 Å². The van der Waals surface area contributed by atoms with Crippen LogP contribution in [-0.2, 0) is 0 Å². The molecule has 16 heavy (non-hydrogen) atoms. The highest BCUT2D eigenvalue weighted by molar-refractivity contribution is 4.69. The molecular weight excluding hydrogens is 192 g/mol. The van der Waals surface area contributed by atoms with Gasteiger partial charge in [0.1, 0.15) is 0 Å². The minimum absolute atomic E-state index is 0.905. The topological polar surface area (TPSA) is 0 Å². The molecule has 1 saturated carbocycles. The van der Waals surface area contributed by atoms with E-state index in [4.69, 9.17) is 0 Å². The Morgan fingerprint density at radius 1 is 0.812 bits per heavy atom. The molecule has 0 heterocycles. The van der Waals surface area contributed by atoms with Crippen LogP contribution in [0.3, 0.4) is 0 Å². The molecule has 0 aromatic rings. The minimum atomic E-state index is 0.905. The van der Waals surface area contributed by atoms with Gasteiger partial charge >= 0.3 is 0 Å². The fourth-order valence-electron chi connectivity index (χ4n) is 2.65. The van der Waals surface area contributed by atoms with E-state index in [1.165, 1.54) is 77.0 Å². The third-order valence-corrected chi connectivity index (χ3v) is 4.12. The molecule has 0 aliphatic heterocycles. The SMILES string of the molecule is CC(C)CCCCCCCCCC1CCC1. The smallest absolute Gasteiger partial charge is 0.0414 e. The van der Waals surface area contributed by atoms with E-state index < -0.39 is 0 Å². The molecule has 0 atom stereocenters. The molecule has 0 N–H and O–H groups in total. The van der Waals surface area contributed by atoms with Crippen LogP contribution in [0.15, 0.2) is 0 Å². The van der Waals surface area contributed by atoms with Gasteiger partial charge in [0.05, 0.1) is 0 Å². The van der Waals surface area contributed by atoms with Crippen molar-refractivity contribution in [2.75, 3.05) is 0 Å². The van der Waals surface area contributed by atoms with Gasteiger partial charge in [-0.1, -0.05) is 90.9 Å². The Kier molecular flexibility index (Phi) is 7.98. The van der Waals surface area contributed by atoms with Gasteiger partial charge in [0, 0.05) is 0 Å². The summed E-state index contributed by atoms with van der Waals surface area (Å²) in [6.45, 7) is 4.67. The first-order valence-corrected chi connectivity index (χ1v) is 7.79. The summed E-state index contributed by atoms with van der Waals surface area (Å²) in [6, 6.07) is 0. The molecule has 1 rings (SSSR count). The van der Waals surface area contributed by atoms with Crippen LogP contribution in [0, 0.1) is 11.8 Å². The maximum Gasteiger partial charge on any atom is -0.0414 e. The van der Waals surface area contributed by atoms with Crippen molar-refractivity contribution in [3.63, 3.8) is 0 Å². The Morgan fingerprint density at radius 2 is 1.38 bits per heavy atom.